The minimum Gasteiger partial charge on any atom is -0.497 e. The second kappa shape index (κ2) is 6.02. The second-order valence-electron chi connectivity index (χ2n) is 4.14. The van der Waals surface area contributed by atoms with Crippen molar-refractivity contribution < 1.29 is 9.53 Å². The number of carbonyl (C=O) groups excluding carboxylic acids is 1. The fraction of sp³-hybridized carbons (Fsp3) is 0.417. The van der Waals surface area contributed by atoms with Gasteiger partial charge in [-0.15, -0.1) is 0 Å². The molecule has 0 saturated carbocycles. The largest absolute Gasteiger partial charge is 0.497 e. The summed E-state index contributed by atoms with van der Waals surface area (Å²) in [5.41, 5.74) is 6.43. The normalized spacial score (nSPS) is 12.4. The monoisotopic (exact) mass is 300 g/mol. The third-order valence-corrected chi connectivity index (χ3v) is 2.85. The van der Waals surface area contributed by atoms with Crippen LogP contribution in [-0.4, -0.2) is 19.1 Å². The Morgan fingerprint density at radius 3 is 2.59 bits per heavy atom. The highest BCUT2D eigenvalue weighted by Crippen LogP contribution is 2.24. The summed E-state index contributed by atoms with van der Waals surface area (Å²) < 4.78 is 5.95. The molecule has 4 nitrogen and oxygen atoms in total. The fourth-order valence-corrected chi connectivity index (χ4v) is 1.75. The minimum absolute atomic E-state index is 0.101. The van der Waals surface area contributed by atoms with Crippen LogP contribution in [0.4, 0.5) is 5.69 Å². The molecule has 1 rings (SSSR count). The van der Waals surface area contributed by atoms with E-state index in [1.165, 1.54) is 0 Å². The lowest BCUT2D eigenvalue weighted by molar-refractivity contribution is -0.118. The minimum atomic E-state index is -0.514. The number of hydrogen-bond acceptors (Lipinski definition) is 3. The Bertz CT molecular complexity index is 407. The zero-order chi connectivity index (χ0) is 13.0. The highest BCUT2D eigenvalue weighted by atomic mass is 79.9. The number of rotatable bonds is 4. The van der Waals surface area contributed by atoms with Gasteiger partial charge in [0, 0.05) is 16.2 Å². The van der Waals surface area contributed by atoms with E-state index in [0.717, 1.165) is 4.47 Å². The Balaban J connectivity index is 2.81. The lowest BCUT2D eigenvalue weighted by Crippen LogP contribution is -2.39. The number of carbonyl (C=O) groups is 1. The van der Waals surface area contributed by atoms with Crippen LogP contribution in [0, 0.1) is 5.92 Å². The Kier molecular flexibility index (Phi) is 4.96. The maximum Gasteiger partial charge on any atom is 0.241 e. The van der Waals surface area contributed by atoms with Crippen LogP contribution in [0.2, 0.25) is 0 Å². The Labute approximate surface area is 110 Å². The first kappa shape index (κ1) is 14.0. The van der Waals surface area contributed by atoms with E-state index >= 15 is 0 Å². The van der Waals surface area contributed by atoms with E-state index in [-0.39, 0.29) is 11.8 Å². The quantitative estimate of drug-likeness (QED) is 0.897. The average molecular weight is 301 g/mol. The molecule has 0 bridgehead atoms. The maximum atomic E-state index is 11.8. The molecule has 94 valence electrons. The van der Waals surface area contributed by atoms with Crippen LogP contribution in [0.15, 0.2) is 22.7 Å². The van der Waals surface area contributed by atoms with E-state index in [2.05, 4.69) is 21.2 Å². The number of nitrogens with two attached hydrogens (primary N) is 1. The van der Waals surface area contributed by atoms with Crippen molar-refractivity contribution in [1.29, 1.82) is 0 Å². The molecule has 17 heavy (non-hydrogen) atoms. The lowest BCUT2D eigenvalue weighted by Gasteiger charge is -2.15. The molecular weight excluding hydrogens is 284 g/mol. The number of anilines is 1. The molecule has 0 heterocycles. The summed E-state index contributed by atoms with van der Waals surface area (Å²) in [7, 11) is 1.58. The molecule has 0 saturated heterocycles. The molecule has 5 heteroatoms. The molecule has 0 aromatic heterocycles. The maximum absolute atomic E-state index is 11.8. The highest BCUT2D eigenvalue weighted by Gasteiger charge is 2.17. The number of methoxy groups -OCH3 is 1. The molecular formula is C12H17BrN2O2. The van der Waals surface area contributed by atoms with E-state index < -0.39 is 6.04 Å². The zero-order valence-electron chi connectivity index (χ0n) is 10.2. The van der Waals surface area contributed by atoms with Crippen molar-refractivity contribution in [2.24, 2.45) is 11.7 Å². The summed E-state index contributed by atoms with van der Waals surface area (Å²) in [6.07, 6.45) is 0. The first-order valence-corrected chi connectivity index (χ1v) is 6.14. The summed E-state index contributed by atoms with van der Waals surface area (Å²) in [5, 5.41) is 2.76. The van der Waals surface area contributed by atoms with Crippen LogP contribution >= 0.6 is 15.9 Å². The highest BCUT2D eigenvalue weighted by molar-refractivity contribution is 9.10. The fourth-order valence-electron chi connectivity index (χ4n) is 1.28. The SMILES string of the molecule is COc1cc(Br)cc(NC(=O)[C@@H](N)C(C)C)c1. The van der Waals surface area contributed by atoms with Crippen molar-refractivity contribution in [3.8, 4) is 5.75 Å². The van der Waals surface area contributed by atoms with E-state index in [4.69, 9.17) is 10.5 Å². The van der Waals surface area contributed by atoms with Gasteiger partial charge < -0.3 is 15.8 Å². The zero-order valence-corrected chi connectivity index (χ0v) is 11.7. The molecule has 0 radical (unpaired) electrons. The van der Waals surface area contributed by atoms with E-state index in [1.807, 2.05) is 19.9 Å². The average Bonchev–Trinajstić information content (AvgIpc) is 2.26. The van der Waals surface area contributed by atoms with Gasteiger partial charge in [-0.25, -0.2) is 0 Å². The Morgan fingerprint density at radius 2 is 2.06 bits per heavy atom. The molecule has 0 unspecified atom stereocenters. The molecule has 1 atom stereocenters. The summed E-state index contributed by atoms with van der Waals surface area (Å²) in [6.45, 7) is 3.82. The Hall–Kier alpha value is -1.07. The summed E-state index contributed by atoms with van der Waals surface area (Å²) in [6, 6.07) is 4.85. The number of halogens is 1. The molecule has 1 aromatic rings. The number of hydrogen-bond donors (Lipinski definition) is 2. The van der Waals surface area contributed by atoms with Crippen molar-refractivity contribution in [1.82, 2.24) is 0 Å². The topological polar surface area (TPSA) is 64.3 Å². The second-order valence-corrected chi connectivity index (χ2v) is 5.05. The van der Waals surface area contributed by atoms with Crippen LogP contribution in [0.5, 0.6) is 5.75 Å². The van der Waals surface area contributed by atoms with Crippen molar-refractivity contribution in [2.75, 3.05) is 12.4 Å². The molecule has 0 spiro atoms. The first-order chi connectivity index (χ1) is 7.93. The summed E-state index contributed by atoms with van der Waals surface area (Å²) in [5.74, 6) is 0.581. The van der Waals surface area contributed by atoms with Crippen molar-refractivity contribution in [3.63, 3.8) is 0 Å². The molecule has 0 aliphatic carbocycles. The van der Waals surface area contributed by atoms with Gasteiger partial charge in [0.15, 0.2) is 0 Å². The third-order valence-electron chi connectivity index (χ3n) is 2.40. The third kappa shape index (κ3) is 4.02. The van der Waals surface area contributed by atoms with Crippen LogP contribution in [0.25, 0.3) is 0 Å². The van der Waals surface area contributed by atoms with E-state index in [0.29, 0.717) is 11.4 Å². The number of ether oxygens (including phenoxy) is 1. The van der Waals surface area contributed by atoms with Crippen molar-refractivity contribution in [2.45, 2.75) is 19.9 Å². The number of amides is 1. The molecule has 0 aliphatic heterocycles. The van der Waals surface area contributed by atoms with Gasteiger partial charge in [0.05, 0.1) is 13.2 Å². The van der Waals surface area contributed by atoms with Gasteiger partial charge in [-0.3, -0.25) is 4.79 Å². The van der Waals surface area contributed by atoms with Gasteiger partial charge in [0.25, 0.3) is 0 Å². The summed E-state index contributed by atoms with van der Waals surface area (Å²) in [4.78, 5) is 11.8. The first-order valence-electron chi connectivity index (χ1n) is 5.35. The van der Waals surface area contributed by atoms with Gasteiger partial charge in [-0.2, -0.15) is 0 Å². The van der Waals surface area contributed by atoms with E-state index in [1.54, 1.807) is 19.2 Å². The van der Waals surface area contributed by atoms with Crippen LogP contribution < -0.4 is 15.8 Å². The predicted octanol–water partition coefficient (Wildman–Crippen LogP) is 2.38. The smallest absolute Gasteiger partial charge is 0.241 e. The van der Waals surface area contributed by atoms with Crippen LogP contribution in [0.1, 0.15) is 13.8 Å². The van der Waals surface area contributed by atoms with Crippen molar-refractivity contribution in [3.05, 3.63) is 22.7 Å². The van der Waals surface area contributed by atoms with Gasteiger partial charge in [0.1, 0.15) is 5.75 Å². The van der Waals surface area contributed by atoms with Gasteiger partial charge in [0.2, 0.25) is 5.91 Å². The molecule has 0 fully saturated rings. The van der Waals surface area contributed by atoms with Crippen molar-refractivity contribution >= 4 is 27.5 Å². The standard InChI is InChI=1S/C12H17BrN2O2/c1-7(2)11(14)12(16)15-9-4-8(13)5-10(6-9)17-3/h4-7,11H,14H2,1-3H3,(H,15,16)/t11-/m0/s1. The molecule has 1 aromatic carbocycles. The molecule has 3 N–H and O–H groups in total. The van der Waals surface area contributed by atoms with Crippen LogP contribution in [-0.2, 0) is 4.79 Å². The summed E-state index contributed by atoms with van der Waals surface area (Å²) >= 11 is 3.35. The number of nitrogens with one attached hydrogen (secondary N) is 1. The van der Waals surface area contributed by atoms with Gasteiger partial charge in [-0.1, -0.05) is 29.8 Å². The van der Waals surface area contributed by atoms with E-state index in [9.17, 15) is 4.79 Å². The lowest BCUT2D eigenvalue weighted by atomic mass is 10.0. The molecule has 0 aliphatic rings. The molecule has 1 amide bonds. The van der Waals surface area contributed by atoms with Gasteiger partial charge in [-0.05, 0) is 18.1 Å². The predicted molar refractivity (Wildman–Crippen MR) is 72.1 cm³/mol. The number of benzene rings is 1. The Morgan fingerprint density at radius 1 is 1.41 bits per heavy atom. The van der Waals surface area contributed by atoms with Gasteiger partial charge >= 0.3 is 0 Å². The van der Waals surface area contributed by atoms with Crippen LogP contribution in [0.3, 0.4) is 0 Å².